The normalized spacial score (nSPS) is 14.6. The van der Waals surface area contributed by atoms with Gasteiger partial charge in [0.15, 0.2) is 0 Å². The maximum absolute atomic E-state index is 6.11. The summed E-state index contributed by atoms with van der Waals surface area (Å²) in [6, 6.07) is 6.65. The molecule has 0 heterocycles. The van der Waals surface area contributed by atoms with Gasteiger partial charge in [0, 0.05) is 18.6 Å². The van der Waals surface area contributed by atoms with E-state index >= 15 is 0 Å². The van der Waals surface area contributed by atoms with Crippen molar-refractivity contribution in [2.45, 2.75) is 46.2 Å². The fourth-order valence-electron chi connectivity index (χ4n) is 2.44. The SMILES string of the molecule is CCC(NC(C)CN(CC)CC)c1ccc(Cl)c(Cl)c1. The minimum atomic E-state index is 0.315. The molecule has 2 nitrogen and oxygen atoms in total. The van der Waals surface area contributed by atoms with Crippen LogP contribution < -0.4 is 5.32 Å². The average molecular weight is 317 g/mol. The molecule has 2 atom stereocenters. The lowest BCUT2D eigenvalue weighted by Crippen LogP contribution is -2.40. The average Bonchev–Trinajstić information content (AvgIpc) is 2.45. The van der Waals surface area contributed by atoms with Crippen LogP contribution in [0.2, 0.25) is 10.0 Å². The van der Waals surface area contributed by atoms with Gasteiger partial charge in [0.1, 0.15) is 0 Å². The van der Waals surface area contributed by atoms with Gasteiger partial charge in [0.25, 0.3) is 0 Å². The summed E-state index contributed by atoms with van der Waals surface area (Å²) < 4.78 is 0. The van der Waals surface area contributed by atoms with Gasteiger partial charge < -0.3 is 10.2 Å². The molecule has 0 fully saturated rings. The number of hydrogen-bond acceptors (Lipinski definition) is 2. The Labute approximate surface area is 133 Å². The zero-order chi connectivity index (χ0) is 15.1. The highest BCUT2D eigenvalue weighted by Gasteiger charge is 2.15. The van der Waals surface area contributed by atoms with Crippen molar-refractivity contribution in [1.29, 1.82) is 0 Å². The molecular weight excluding hydrogens is 291 g/mol. The van der Waals surface area contributed by atoms with Crippen LogP contribution in [-0.2, 0) is 0 Å². The Bertz CT molecular complexity index is 405. The second-order valence-corrected chi connectivity index (χ2v) is 6.00. The number of halogens is 2. The van der Waals surface area contributed by atoms with E-state index in [0.29, 0.717) is 22.1 Å². The van der Waals surface area contributed by atoms with Crippen molar-refractivity contribution in [2.24, 2.45) is 0 Å². The van der Waals surface area contributed by atoms with E-state index in [4.69, 9.17) is 23.2 Å². The van der Waals surface area contributed by atoms with E-state index in [-0.39, 0.29) is 0 Å². The molecule has 114 valence electrons. The Morgan fingerprint density at radius 2 is 1.75 bits per heavy atom. The maximum atomic E-state index is 6.11. The Hall–Kier alpha value is -0.280. The van der Waals surface area contributed by atoms with E-state index in [1.807, 2.05) is 12.1 Å². The van der Waals surface area contributed by atoms with Gasteiger partial charge >= 0.3 is 0 Å². The van der Waals surface area contributed by atoms with Crippen molar-refractivity contribution in [3.05, 3.63) is 33.8 Å². The van der Waals surface area contributed by atoms with Crippen LogP contribution in [-0.4, -0.2) is 30.6 Å². The molecule has 0 aliphatic heterocycles. The lowest BCUT2D eigenvalue weighted by atomic mass is 10.0. The molecule has 4 heteroatoms. The van der Waals surface area contributed by atoms with Gasteiger partial charge in [-0.05, 0) is 44.1 Å². The van der Waals surface area contributed by atoms with Crippen LogP contribution in [0.25, 0.3) is 0 Å². The standard InChI is InChI=1S/C16H26Cl2N2/c1-5-16(13-8-9-14(17)15(18)10-13)19-12(4)11-20(6-2)7-3/h8-10,12,16,19H,5-7,11H2,1-4H3. The molecule has 0 aromatic heterocycles. The third-order valence-electron chi connectivity index (χ3n) is 3.67. The van der Waals surface area contributed by atoms with E-state index in [2.05, 4.69) is 44.0 Å². The number of rotatable bonds is 8. The number of benzene rings is 1. The summed E-state index contributed by atoms with van der Waals surface area (Å²) in [5.41, 5.74) is 1.20. The summed E-state index contributed by atoms with van der Waals surface area (Å²) in [6.07, 6.45) is 1.03. The van der Waals surface area contributed by atoms with E-state index in [1.165, 1.54) is 5.56 Å². The van der Waals surface area contributed by atoms with Gasteiger partial charge in [-0.1, -0.05) is 50.0 Å². The molecule has 1 N–H and O–H groups in total. The predicted octanol–water partition coefficient (Wildman–Crippen LogP) is 4.76. The molecular formula is C16H26Cl2N2. The van der Waals surface area contributed by atoms with Crippen LogP contribution in [0.15, 0.2) is 18.2 Å². The summed E-state index contributed by atoms with van der Waals surface area (Å²) in [6.45, 7) is 12.1. The van der Waals surface area contributed by atoms with Gasteiger partial charge in [-0.25, -0.2) is 0 Å². The third-order valence-corrected chi connectivity index (χ3v) is 4.41. The van der Waals surface area contributed by atoms with Gasteiger partial charge in [-0.3, -0.25) is 0 Å². The molecule has 1 aromatic rings. The van der Waals surface area contributed by atoms with Gasteiger partial charge in [0.05, 0.1) is 10.0 Å². The van der Waals surface area contributed by atoms with E-state index in [9.17, 15) is 0 Å². The molecule has 2 unspecified atom stereocenters. The first-order chi connectivity index (χ1) is 9.51. The van der Waals surface area contributed by atoms with Crippen molar-refractivity contribution in [2.75, 3.05) is 19.6 Å². The number of nitrogens with one attached hydrogen (secondary N) is 1. The highest BCUT2D eigenvalue weighted by Crippen LogP contribution is 2.27. The second-order valence-electron chi connectivity index (χ2n) is 5.19. The molecule has 0 aliphatic carbocycles. The fourth-order valence-corrected chi connectivity index (χ4v) is 2.75. The zero-order valence-electron chi connectivity index (χ0n) is 12.9. The zero-order valence-corrected chi connectivity index (χ0v) is 14.4. The molecule has 0 saturated heterocycles. The third kappa shape index (κ3) is 5.25. The van der Waals surface area contributed by atoms with E-state index in [0.717, 1.165) is 26.1 Å². The van der Waals surface area contributed by atoms with Crippen LogP contribution in [0.1, 0.15) is 45.7 Å². The molecule has 0 aliphatic rings. The maximum Gasteiger partial charge on any atom is 0.0595 e. The molecule has 20 heavy (non-hydrogen) atoms. The summed E-state index contributed by atoms with van der Waals surface area (Å²) in [5.74, 6) is 0. The minimum Gasteiger partial charge on any atom is -0.306 e. The monoisotopic (exact) mass is 316 g/mol. The predicted molar refractivity (Wildman–Crippen MR) is 89.9 cm³/mol. The molecule has 0 radical (unpaired) electrons. The summed E-state index contributed by atoms with van der Waals surface area (Å²) in [7, 11) is 0. The lowest BCUT2D eigenvalue weighted by Gasteiger charge is -2.27. The van der Waals surface area contributed by atoms with Crippen molar-refractivity contribution < 1.29 is 0 Å². The van der Waals surface area contributed by atoms with Crippen molar-refractivity contribution in [3.8, 4) is 0 Å². The molecule has 0 spiro atoms. The highest BCUT2D eigenvalue weighted by atomic mass is 35.5. The smallest absolute Gasteiger partial charge is 0.0595 e. The Balaban J connectivity index is 2.68. The first-order valence-corrected chi connectivity index (χ1v) is 8.20. The summed E-state index contributed by atoms with van der Waals surface area (Å²) in [4.78, 5) is 2.43. The number of hydrogen-bond donors (Lipinski definition) is 1. The fraction of sp³-hybridized carbons (Fsp3) is 0.625. The van der Waals surface area contributed by atoms with Crippen LogP contribution in [0, 0.1) is 0 Å². The highest BCUT2D eigenvalue weighted by molar-refractivity contribution is 6.42. The summed E-state index contributed by atoms with van der Waals surface area (Å²) in [5, 5.41) is 4.92. The van der Waals surface area contributed by atoms with Crippen LogP contribution in [0.5, 0.6) is 0 Å². The van der Waals surface area contributed by atoms with Crippen molar-refractivity contribution in [1.82, 2.24) is 10.2 Å². The molecule has 1 rings (SSSR count). The Kier molecular flexibility index (Phi) is 7.90. The van der Waals surface area contributed by atoms with Crippen LogP contribution in [0.4, 0.5) is 0 Å². The number of nitrogens with zero attached hydrogens (tertiary/aromatic N) is 1. The summed E-state index contributed by atoms with van der Waals surface area (Å²) >= 11 is 12.1. The first-order valence-electron chi connectivity index (χ1n) is 7.45. The van der Waals surface area contributed by atoms with Gasteiger partial charge in [-0.2, -0.15) is 0 Å². The first kappa shape index (κ1) is 17.8. The Morgan fingerprint density at radius 3 is 2.25 bits per heavy atom. The van der Waals surface area contributed by atoms with Crippen molar-refractivity contribution >= 4 is 23.2 Å². The minimum absolute atomic E-state index is 0.315. The van der Waals surface area contributed by atoms with Crippen molar-refractivity contribution in [3.63, 3.8) is 0 Å². The Morgan fingerprint density at radius 1 is 1.10 bits per heavy atom. The quantitative estimate of drug-likeness (QED) is 0.743. The molecule has 0 amide bonds. The van der Waals surface area contributed by atoms with Gasteiger partial charge in [-0.15, -0.1) is 0 Å². The molecule has 0 bridgehead atoms. The second kappa shape index (κ2) is 8.89. The van der Waals surface area contributed by atoms with E-state index < -0.39 is 0 Å². The van der Waals surface area contributed by atoms with Crippen LogP contribution >= 0.6 is 23.2 Å². The lowest BCUT2D eigenvalue weighted by molar-refractivity contribution is 0.260. The van der Waals surface area contributed by atoms with E-state index in [1.54, 1.807) is 0 Å². The largest absolute Gasteiger partial charge is 0.306 e. The van der Waals surface area contributed by atoms with Crippen LogP contribution in [0.3, 0.4) is 0 Å². The number of likely N-dealkylation sites (N-methyl/N-ethyl adjacent to an activating group) is 1. The topological polar surface area (TPSA) is 15.3 Å². The van der Waals surface area contributed by atoms with Gasteiger partial charge in [0.2, 0.25) is 0 Å². The molecule has 1 aromatic carbocycles. The molecule has 0 saturated carbocycles.